The van der Waals surface area contributed by atoms with Crippen LogP contribution >= 0.6 is 0 Å². The Kier molecular flexibility index (Phi) is 5.54. The third-order valence-electron chi connectivity index (χ3n) is 3.12. The number of phenols is 2. The maximum absolute atomic E-state index is 11.8. The van der Waals surface area contributed by atoms with Gasteiger partial charge < -0.3 is 26.4 Å². The Hall–Kier alpha value is -2.28. The second kappa shape index (κ2) is 6.94. The Morgan fingerprint density at radius 2 is 1.86 bits per heavy atom. The van der Waals surface area contributed by atoms with Crippen molar-refractivity contribution in [3.8, 4) is 11.5 Å². The quantitative estimate of drug-likeness (QED) is 0.476. The number of benzene rings is 1. The lowest BCUT2D eigenvalue weighted by Gasteiger charge is -2.20. The number of aromatic hydroxyl groups is 2. The summed E-state index contributed by atoms with van der Waals surface area (Å²) in [5.41, 5.74) is 6.14. The Morgan fingerprint density at radius 3 is 2.33 bits per heavy atom. The highest BCUT2D eigenvalue weighted by Gasteiger charge is 2.25. The first-order valence-corrected chi connectivity index (χ1v) is 6.52. The molecule has 0 heterocycles. The Balaban J connectivity index is 2.81. The highest BCUT2D eigenvalue weighted by atomic mass is 16.4. The Labute approximate surface area is 122 Å². The summed E-state index contributed by atoms with van der Waals surface area (Å²) >= 11 is 0. The van der Waals surface area contributed by atoms with E-state index in [0.29, 0.717) is 5.56 Å². The first kappa shape index (κ1) is 16.8. The number of rotatable bonds is 6. The van der Waals surface area contributed by atoms with E-state index in [4.69, 9.17) is 10.8 Å². The fraction of sp³-hybridized carbons (Fsp3) is 0.429. The van der Waals surface area contributed by atoms with Gasteiger partial charge in [0, 0.05) is 6.42 Å². The normalized spacial score (nSPS) is 13.7. The third-order valence-corrected chi connectivity index (χ3v) is 3.12. The van der Waals surface area contributed by atoms with Crippen molar-refractivity contribution in [1.29, 1.82) is 0 Å². The van der Waals surface area contributed by atoms with Crippen LogP contribution in [0.3, 0.4) is 0 Å². The number of phenolic OH excluding ortho intramolecular Hbond substituents is 2. The van der Waals surface area contributed by atoms with Crippen molar-refractivity contribution in [2.24, 2.45) is 11.7 Å². The second-order valence-electron chi connectivity index (χ2n) is 5.20. The molecular weight excluding hydrogens is 276 g/mol. The molecule has 116 valence electrons. The first-order chi connectivity index (χ1) is 9.72. The molecule has 6 N–H and O–H groups in total. The first-order valence-electron chi connectivity index (χ1n) is 6.52. The van der Waals surface area contributed by atoms with E-state index in [1.807, 2.05) is 0 Å². The minimum Gasteiger partial charge on any atom is -0.504 e. The number of carboxylic acids is 1. The van der Waals surface area contributed by atoms with Gasteiger partial charge in [-0.1, -0.05) is 19.9 Å². The summed E-state index contributed by atoms with van der Waals surface area (Å²) in [4.78, 5) is 23.0. The largest absolute Gasteiger partial charge is 0.504 e. The molecule has 0 aliphatic carbocycles. The van der Waals surface area contributed by atoms with Crippen molar-refractivity contribution in [2.75, 3.05) is 0 Å². The number of nitrogens with two attached hydrogens (primary N) is 1. The maximum Gasteiger partial charge on any atom is 0.326 e. The monoisotopic (exact) mass is 296 g/mol. The molecule has 0 saturated heterocycles. The molecule has 21 heavy (non-hydrogen) atoms. The number of carbonyl (C=O) groups is 2. The molecule has 7 nitrogen and oxygen atoms in total. The smallest absolute Gasteiger partial charge is 0.326 e. The summed E-state index contributed by atoms with van der Waals surface area (Å²) < 4.78 is 0. The number of carbonyl (C=O) groups excluding carboxylic acids is 1. The molecule has 0 aliphatic rings. The Bertz CT molecular complexity index is 530. The lowest BCUT2D eigenvalue weighted by Crippen LogP contribution is -2.51. The summed E-state index contributed by atoms with van der Waals surface area (Å²) in [6.07, 6.45) is -0.0280. The van der Waals surface area contributed by atoms with Crippen LogP contribution in [-0.2, 0) is 16.0 Å². The summed E-state index contributed by atoms with van der Waals surface area (Å²) in [5.74, 6) is -2.50. The average molecular weight is 296 g/mol. The number of amides is 1. The van der Waals surface area contributed by atoms with Crippen LogP contribution in [0.25, 0.3) is 0 Å². The van der Waals surface area contributed by atoms with Crippen molar-refractivity contribution in [1.82, 2.24) is 5.32 Å². The predicted molar refractivity (Wildman–Crippen MR) is 75.9 cm³/mol. The van der Waals surface area contributed by atoms with Gasteiger partial charge >= 0.3 is 5.97 Å². The van der Waals surface area contributed by atoms with Gasteiger partial charge in [0.1, 0.15) is 6.04 Å². The van der Waals surface area contributed by atoms with E-state index >= 15 is 0 Å². The van der Waals surface area contributed by atoms with E-state index in [9.17, 15) is 19.8 Å². The standard InChI is InChI=1S/C14H20N2O5/c1-7(2)12(15)13(19)16-9(14(20)21)5-8-3-4-10(17)11(18)6-8/h3-4,6-7,9,12,17-18H,5,15H2,1-2H3,(H,16,19)(H,20,21)/t9-,12+/m0/s1. The van der Waals surface area contributed by atoms with Crippen LogP contribution in [0.4, 0.5) is 0 Å². The van der Waals surface area contributed by atoms with Crippen LogP contribution in [-0.4, -0.2) is 39.3 Å². The fourth-order valence-corrected chi connectivity index (χ4v) is 1.70. The van der Waals surface area contributed by atoms with Crippen LogP contribution < -0.4 is 11.1 Å². The zero-order chi connectivity index (χ0) is 16.2. The van der Waals surface area contributed by atoms with Crippen LogP contribution in [0.2, 0.25) is 0 Å². The highest BCUT2D eigenvalue weighted by molar-refractivity contribution is 5.87. The molecule has 1 aromatic rings. The van der Waals surface area contributed by atoms with Crippen molar-refractivity contribution >= 4 is 11.9 Å². The SMILES string of the molecule is CC(C)[C@@H](N)C(=O)N[C@@H](Cc1ccc(O)c(O)c1)C(=O)O. The predicted octanol–water partition coefficient (Wildman–Crippen LogP) is 0.193. The lowest BCUT2D eigenvalue weighted by molar-refractivity contribution is -0.142. The molecule has 0 fully saturated rings. The van der Waals surface area contributed by atoms with Crippen molar-refractivity contribution in [3.63, 3.8) is 0 Å². The zero-order valence-electron chi connectivity index (χ0n) is 11.9. The summed E-state index contributed by atoms with van der Waals surface area (Å²) in [6.45, 7) is 3.52. The number of nitrogens with one attached hydrogen (secondary N) is 1. The van der Waals surface area contributed by atoms with E-state index in [0.717, 1.165) is 0 Å². The molecule has 0 unspecified atom stereocenters. The van der Waals surface area contributed by atoms with Gasteiger partial charge in [-0.05, 0) is 23.6 Å². The fourth-order valence-electron chi connectivity index (χ4n) is 1.70. The van der Waals surface area contributed by atoms with Crippen molar-refractivity contribution < 1.29 is 24.9 Å². The van der Waals surface area contributed by atoms with Crippen LogP contribution in [0.5, 0.6) is 11.5 Å². The van der Waals surface area contributed by atoms with Gasteiger partial charge in [0.15, 0.2) is 11.5 Å². The Morgan fingerprint density at radius 1 is 1.24 bits per heavy atom. The van der Waals surface area contributed by atoms with E-state index in [2.05, 4.69) is 5.32 Å². The summed E-state index contributed by atoms with van der Waals surface area (Å²) in [5, 5.41) is 30.1. The van der Waals surface area contributed by atoms with Crippen LogP contribution in [0.1, 0.15) is 19.4 Å². The lowest BCUT2D eigenvalue weighted by atomic mass is 10.0. The number of carboxylic acid groups (broad SMARTS) is 1. The number of hydrogen-bond donors (Lipinski definition) is 5. The minimum atomic E-state index is -1.20. The molecule has 1 rings (SSSR count). The number of aliphatic carboxylic acids is 1. The molecule has 0 saturated carbocycles. The molecule has 0 aliphatic heterocycles. The molecule has 2 atom stereocenters. The zero-order valence-corrected chi connectivity index (χ0v) is 11.9. The molecule has 0 radical (unpaired) electrons. The van der Waals surface area contributed by atoms with Gasteiger partial charge in [-0.15, -0.1) is 0 Å². The van der Waals surface area contributed by atoms with E-state index in [-0.39, 0.29) is 23.8 Å². The molecular formula is C14H20N2O5. The summed E-state index contributed by atoms with van der Waals surface area (Å²) in [7, 11) is 0. The van der Waals surface area contributed by atoms with Gasteiger partial charge in [-0.2, -0.15) is 0 Å². The molecule has 7 heteroatoms. The molecule has 0 aromatic heterocycles. The topological polar surface area (TPSA) is 133 Å². The third kappa shape index (κ3) is 4.64. The van der Waals surface area contributed by atoms with Gasteiger partial charge in [0.2, 0.25) is 5.91 Å². The van der Waals surface area contributed by atoms with E-state index in [1.165, 1.54) is 18.2 Å². The van der Waals surface area contributed by atoms with Crippen LogP contribution in [0.15, 0.2) is 18.2 Å². The van der Waals surface area contributed by atoms with Gasteiger partial charge in [0.25, 0.3) is 0 Å². The van der Waals surface area contributed by atoms with E-state index in [1.54, 1.807) is 13.8 Å². The van der Waals surface area contributed by atoms with E-state index < -0.39 is 24.0 Å². The molecule has 0 bridgehead atoms. The molecule has 1 amide bonds. The highest BCUT2D eigenvalue weighted by Crippen LogP contribution is 2.25. The maximum atomic E-state index is 11.8. The van der Waals surface area contributed by atoms with Gasteiger partial charge in [-0.25, -0.2) is 4.79 Å². The summed E-state index contributed by atoms with van der Waals surface area (Å²) in [6, 6.07) is 2.02. The molecule has 0 spiro atoms. The molecule has 1 aromatic carbocycles. The minimum absolute atomic E-state index is 0.0280. The number of hydrogen-bond acceptors (Lipinski definition) is 5. The van der Waals surface area contributed by atoms with Crippen molar-refractivity contribution in [3.05, 3.63) is 23.8 Å². The van der Waals surface area contributed by atoms with Gasteiger partial charge in [0.05, 0.1) is 6.04 Å². The second-order valence-corrected chi connectivity index (χ2v) is 5.20. The average Bonchev–Trinajstić information content (AvgIpc) is 2.40. The van der Waals surface area contributed by atoms with Crippen molar-refractivity contribution in [2.45, 2.75) is 32.4 Å². The van der Waals surface area contributed by atoms with Crippen LogP contribution in [0, 0.1) is 5.92 Å². The van der Waals surface area contributed by atoms with Gasteiger partial charge in [-0.3, -0.25) is 4.79 Å².